The van der Waals surface area contributed by atoms with Crippen LogP contribution in [0.2, 0.25) is 0 Å². The molecule has 0 aliphatic carbocycles. The summed E-state index contributed by atoms with van der Waals surface area (Å²) in [6, 6.07) is 4.52. The molecule has 1 heterocycles. The Balaban J connectivity index is 2.05. The van der Waals surface area contributed by atoms with E-state index in [1.807, 2.05) is 6.08 Å². The molecule has 0 radical (unpaired) electrons. The Morgan fingerprint density at radius 1 is 1.16 bits per heavy atom. The summed E-state index contributed by atoms with van der Waals surface area (Å²) in [6.07, 6.45) is 8.65. The summed E-state index contributed by atoms with van der Waals surface area (Å²) in [5, 5.41) is 0. The lowest BCUT2D eigenvalue weighted by molar-refractivity contribution is 0.399. The SMILES string of the molecule is C=CCCCN1C=CN(c2c(C)cc(C)cc2C)C1. The molecule has 0 N–H and O–H groups in total. The van der Waals surface area contributed by atoms with Crippen LogP contribution in [0.25, 0.3) is 0 Å². The van der Waals surface area contributed by atoms with E-state index in [4.69, 9.17) is 0 Å². The normalized spacial score (nSPS) is 14.3. The lowest BCUT2D eigenvalue weighted by Gasteiger charge is -2.24. The molecule has 2 nitrogen and oxygen atoms in total. The van der Waals surface area contributed by atoms with Crippen molar-refractivity contribution in [1.29, 1.82) is 0 Å². The van der Waals surface area contributed by atoms with Crippen molar-refractivity contribution >= 4 is 5.69 Å². The number of unbranched alkanes of at least 4 members (excludes halogenated alkanes) is 1. The van der Waals surface area contributed by atoms with Crippen molar-refractivity contribution in [2.45, 2.75) is 33.6 Å². The van der Waals surface area contributed by atoms with Gasteiger partial charge in [0.2, 0.25) is 0 Å². The molecule has 0 spiro atoms. The van der Waals surface area contributed by atoms with Crippen LogP contribution in [0.4, 0.5) is 5.69 Å². The fourth-order valence-electron chi connectivity index (χ4n) is 2.82. The van der Waals surface area contributed by atoms with Crippen LogP contribution in [-0.4, -0.2) is 18.1 Å². The van der Waals surface area contributed by atoms with Gasteiger partial charge in [-0.25, -0.2) is 0 Å². The average molecular weight is 256 g/mol. The zero-order valence-corrected chi connectivity index (χ0v) is 12.3. The molecule has 1 aliphatic rings. The van der Waals surface area contributed by atoms with Crippen molar-refractivity contribution in [2.24, 2.45) is 0 Å². The van der Waals surface area contributed by atoms with Gasteiger partial charge in [-0.3, -0.25) is 0 Å². The first-order valence-electron chi connectivity index (χ1n) is 6.99. The van der Waals surface area contributed by atoms with Crippen LogP contribution in [0.1, 0.15) is 29.5 Å². The van der Waals surface area contributed by atoms with Gasteiger partial charge in [-0.05, 0) is 44.7 Å². The largest absolute Gasteiger partial charge is 0.358 e. The van der Waals surface area contributed by atoms with E-state index in [0.29, 0.717) is 0 Å². The molecule has 0 atom stereocenters. The maximum absolute atomic E-state index is 3.77. The molecule has 1 aromatic carbocycles. The molecule has 1 aromatic rings. The standard InChI is InChI=1S/C17H24N2/c1-5-6-7-8-18-9-10-19(13-18)17-15(3)11-14(2)12-16(17)4/h5,9-12H,1,6-8,13H2,2-4H3. The molecule has 2 heteroatoms. The third-order valence-corrected chi connectivity index (χ3v) is 3.57. The molecular formula is C17H24N2. The molecule has 0 bridgehead atoms. The third-order valence-electron chi connectivity index (χ3n) is 3.57. The van der Waals surface area contributed by atoms with Crippen LogP contribution < -0.4 is 4.90 Å². The quantitative estimate of drug-likeness (QED) is 0.577. The number of allylic oxidation sites excluding steroid dienone is 1. The van der Waals surface area contributed by atoms with Gasteiger partial charge in [0.05, 0.1) is 6.67 Å². The van der Waals surface area contributed by atoms with E-state index in [9.17, 15) is 0 Å². The van der Waals surface area contributed by atoms with E-state index in [-0.39, 0.29) is 0 Å². The minimum absolute atomic E-state index is 0.960. The Hall–Kier alpha value is -1.70. The first-order chi connectivity index (χ1) is 9.11. The highest BCUT2D eigenvalue weighted by Crippen LogP contribution is 2.28. The average Bonchev–Trinajstić information content (AvgIpc) is 2.76. The Labute approximate surface area is 117 Å². The molecule has 2 rings (SSSR count). The highest BCUT2D eigenvalue weighted by molar-refractivity contribution is 5.62. The Morgan fingerprint density at radius 3 is 2.47 bits per heavy atom. The van der Waals surface area contributed by atoms with E-state index in [2.05, 4.69) is 61.7 Å². The van der Waals surface area contributed by atoms with Gasteiger partial charge in [-0.1, -0.05) is 23.8 Å². The second-order valence-electron chi connectivity index (χ2n) is 5.40. The highest BCUT2D eigenvalue weighted by Gasteiger charge is 2.16. The maximum Gasteiger partial charge on any atom is 0.0942 e. The van der Waals surface area contributed by atoms with Crippen LogP contribution in [0.15, 0.2) is 37.2 Å². The van der Waals surface area contributed by atoms with Gasteiger partial charge >= 0.3 is 0 Å². The number of hydrogen-bond acceptors (Lipinski definition) is 2. The second-order valence-corrected chi connectivity index (χ2v) is 5.40. The van der Waals surface area contributed by atoms with Crippen molar-refractivity contribution in [3.63, 3.8) is 0 Å². The Bertz CT molecular complexity index is 465. The van der Waals surface area contributed by atoms with Crippen LogP contribution in [0.5, 0.6) is 0 Å². The molecule has 0 saturated heterocycles. The third kappa shape index (κ3) is 3.19. The number of hydrogen-bond donors (Lipinski definition) is 0. The fraction of sp³-hybridized carbons (Fsp3) is 0.412. The van der Waals surface area contributed by atoms with Crippen molar-refractivity contribution in [3.05, 3.63) is 53.9 Å². The van der Waals surface area contributed by atoms with Crippen molar-refractivity contribution in [2.75, 3.05) is 18.1 Å². The lowest BCUT2D eigenvalue weighted by Crippen LogP contribution is -2.26. The highest BCUT2D eigenvalue weighted by atomic mass is 15.3. The lowest BCUT2D eigenvalue weighted by atomic mass is 10.0. The van der Waals surface area contributed by atoms with Crippen molar-refractivity contribution in [3.8, 4) is 0 Å². The molecule has 0 amide bonds. The summed E-state index contributed by atoms with van der Waals surface area (Å²) in [6.45, 7) is 12.4. The van der Waals surface area contributed by atoms with Gasteiger partial charge in [-0.2, -0.15) is 0 Å². The molecule has 0 aromatic heterocycles. The summed E-state index contributed by atoms with van der Waals surface area (Å²) in [5.41, 5.74) is 5.41. The Kier molecular flexibility index (Phi) is 4.31. The van der Waals surface area contributed by atoms with Crippen LogP contribution in [-0.2, 0) is 0 Å². The van der Waals surface area contributed by atoms with Gasteiger partial charge in [0.1, 0.15) is 0 Å². The number of rotatable bonds is 5. The van der Waals surface area contributed by atoms with Gasteiger partial charge in [0.15, 0.2) is 0 Å². The number of anilines is 1. The molecule has 0 saturated carbocycles. The fourth-order valence-corrected chi connectivity index (χ4v) is 2.82. The predicted molar refractivity (Wildman–Crippen MR) is 83.3 cm³/mol. The number of nitrogens with zero attached hydrogens (tertiary/aromatic N) is 2. The minimum atomic E-state index is 0.960. The van der Waals surface area contributed by atoms with E-state index in [1.54, 1.807) is 0 Å². The predicted octanol–water partition coefficient (Wildman–Crippen LogP) is 4.13. The van der Waals surface area contributed by atoms with Crippen molar-refractivity contribution in [1.82, 2.24) is 4.90 Å². The zero-order valence-electron chi connectivity index (χ0n) is 12.3. The van der Waals surface area contributed by atoms with E-state index >= 15 is 0 Å². The van der Waals surface area contributed by atoms with Gasteiger partial charge in [-0.15, -0.1) is 6.58 Å². The van der Waals surface area contributed by atoms with E-state index in [0.717, 1.165) is 19.6 Å². The summed E-state index contributed by atoms with van der Waals surface area (Å²) < 4.78 is 0. The van der Waals surface area contributed by atoms with E-state index < -0.39 is 0 Å². The molecular weight excluding hydrogens is 232 g/mol. The summed E-state index contributed by atoms with van der Waals surface area (Å²) in [4.78, 5) is 4.71. The summed E-state index contributed by atoms with van der Waals surface area (Å²) >= 11 is 0. The van der Waals surface area contributed by atoms with Crippen LogP contribution >= 0.6 is 0 Å². The van der Waals surface area contributed by atoms with Gasteiger partial charge in [0.25, 0.3) is 0 Å². The number of benzene rings is 1. The van der Waals surface area contributed by atoms with Gasteiger partial charge in [0, 0.05) is 24.6 Å². The second kappa shape index (κ2) is 5.96. The van der Waals surface area contributed by atoms with Crippen molar-refractivity contribution < 1.29 is 0 Å². The zero-order chi connectivity index (χ0) is 13.8. The number of aryl methyl sites for hydroxylation is 3. The molecule has 0 fully saturated rings. The molecule has 0 unspecified atom stereocenters. The summed E-state index contributed by atoms with van der Waals surface area (Å²) in [5.74, 6) is 0. The smallest absolute Gasteiger partial charge is 0.0942 e. The molecule has 1 aliphatic heterocycles. The first-order valence-corrected chi connectivity index (χ1v) is 6.99. The maximum atomic E-state index is 3.77. The van der Waals surface area contributed by atoms with Crippen LogP contribution in [0.3, 0.4) is 0 Å². The molecule has 19 heavy (non-hydrogen) atoms. The topological polar surface area (TPSA) is 6.48 Å². The van der Waals surface area contributed by atoms with E-state index in [1.165, 1.54) is 28.8 Å². The minimum Gasteiger partial charge on any atom is -0.358 e. The summed E-state index contributed by atoms with van der Waals surface area (Å²) in [7, 11) is 0. The van der Waals surface area contributed by atoms with Crippen LogP contribution in [0, 0.1) is 20.8 Å². The monoisotopic (exact) mass is 256 g/mol. The molecule has 102 valence electrons. The first kappa shape index (κ1) is 13.7. The Morgan fingerprint density at radius 2 is 1.84 bits per heavy atom. The van der Waals surface area contributed by atoms with Gasteiger partial charge < -0.3 is 9.80 Å².